The minimum atomic E-state index is -0.182. The number of imidazole rings is 1. The molecule has 22 heavy (non-hydrogen) atoms. The van der Waals surface area contributed by atoms with E-state index in [1.807, 2.05) is 31.2 Å². The molecular weight excluding hydrogens is 282 g/mol. The SMILES string of the molecule is CCn1c(=O)[nH]c2c(NCc3ccccc3OC)ncnc21. The van der Waals surface area contributed by atoms with Crippen LogP contribution in [0.2, 0.25) is 0 Å². The molecule has 0 amide bonds. The van der Waals surface area contributed by atoms with Gasteiger partial charge in [-0.3, -0.25) is 4.57 Å². The quantitative estimate of drug-likeness (QED) is 0.750. The third-order valence-corrected chi connectivity index (χ3v) is 3.52. The Kier molecular flexibility index (Phi) is 3.78. The van der Waals surface area contributed by atoms with E-state index >= 15 is 0 Å². The summed E-state index contributed by atoms with van der Waals surface area (Å²) in [4.78, 5) is 23.1. The van der Waals surface area contributed by atoms with Gasteiger partial charge in [0.1, 0.15) is 17.6 Å². The minimum absolute atomic E-state index is 0.182. The number of aromatic nitrogens is 4. The minimum Gasteiger partial charge on any atom is -0.496 e. The van der Waals surface area contributed by atoms with E-state index in [1.54, 1.807) is 11.7 Å². The Labute approximate surface area is 127 Å². The molecule has 0 spiro atoms. The lowest BCUT2D eigenvalue weighted by atomic mass is 10.2. The molecule has 7 nitrogen and oxygen atoms in total. The third-order valence-electron chi connectivity index (χ3n) is 3.52. The first-order valence-corrected chi connectivity index (χ1v) is 7.04. The van der Waals surface area contributed by atoms with Crippen molar-refractivity contribution < 1.29 is 4.74 Å². The lowest BCUT2D eigenvalue weighted by Crippen LogP contribution is -2.15. The molecule has 0 aliphatic heterocycles. The van der Waals surface area contributed by atoms with E-state index in [1.165, 1.54) is 6.33 Å². The van der Waals surface area contributed by atoms with E-state index in [0.29, 0.717) is 30.1 Å². The van der Waals surface area contributed by atoms with Gasteiger partial charge in [-0.15, -0.1) is 0 Å². The molecule has 7 heteroatoms. The highest BCUT2D eigenvalue weighted by Crippen LogP contribution is 2.20. The van der Waals surface area contributed by atoms with Crippen molar-refractivity contribution in [2.75, 3.05) is 12.4 Å². The van der Waals surface area contributed by atoms with Crippen LogP contribution in [-0.2, 0) is 13.1 Å². The molecule has 3 aromatic rings. The van der Waals surface area contributed by atoms with Crippen LogP contribution >= 0.6 is 0 Å². The summed E-state index contributed by atoms with van der Waals surface area (Å²) in [5.41, 5.74) is 2.04. The molecule has 0 bridgehead atoms. The van der Waals surface area contributed by atoms with E-state index in [9.17, 15) is 4.79 Å². The molecule has 114 valence electrons. The summed E-state index contributed by atoms with van der Waals surface area (Å²) in [6.07, 6.45) is 1.45. The molecule has 0 aliphatic rings. The summed E-state index contributed by atoms with van der Waals surface area (Å²) in [5.74, 6) is 1.40. The highest BCUT2D eigenvalue weighted by Gasteiger charge is 2.11. The van der Waals surface area contributed by atoms with Crippen molar-refractivity contribution >= 4 is 17.0 Å². The van der Waals surface area contributed by atoms with Crippen LogP contribution in [0.5, 0.6) is 5.75 Å². The fraction of sp³-hybridized carbons (Fsp3) is 0.267. The number of nitrogens with zero attached hydrogens (tertiary/aromatic N) is 3. The maximum Gasteiger partial charge on any atom is 0.327 e. The second-order valence-corrected chi connectivity index (χ2v) is 4.76. The van der Waals surface area contributed by atoms with E-state index in [4.69, 9.17) is 4.74 Å². The average molecular weight is 299 g/mol. The van der Waals surface area contributed by atoms with E-state index in [2.05, 4.69) is 20.3 Å². The van der Waals surface area contributed by atoms with Gasteiger partial charge in [-0.2, -0.15) is 0 Å². The monoisotopic (exact) mass is 299 g/mol. The number of aryl methyl sites for hydroxylation is 1. The van der Waals surface area contributed by atoms with Gasteiger partial charge in [0.25, 0.3) is 0 Å². The number of aromatic amines is 1. The Morgan fingerprint density at radius 1 is 1.32 bits per heavy atom. The molecule has 2 heterocycles. The van der Waals surface area contributed by atoms with Crippen molar-refractivity contribution in [2.45, 2.75) is 20.0 Å². The van der Waals surface area contributed by atoms with Crippen LogP contribution in [0.15, 0.2) is 35.4 Å². The summed E-state index contributed by atoms with van der Waals surface area (Å²) in [6.45, 7) is 3.00. The van der Waals surface area contributed by atoms with Gasteiger partial charge in [0.15, 0.2) is 11.5 Å². The number of hydrogen-bond acceptors (Lipinski definition) is 5. The Morgan fingerprint density at radius 2 is 2.14 bits per heavy atom. The summed E-state index contributed by atoms with van der Waals surface area (Å²) >= 11 is 0. The Balaban J connectivity index is 1.93. The topological polar surface area (TPSA) is 84.8 Å². The number of nitrogens with one attached hydrogen (secondary N) is 2. The summed E-state index contributed by atoms with van der Waals surface area (Å²) < 4.78 is 6.90. The Bertz CT molecular complexity index is 853. The Hall–Kier alpha value is -2.83. The third kappa shape index (κ3) is 2.41. The van der Waals surface area contributed by atoms with Gasteiger partial charge in [0, 0.05) is 18.7 Å². The van der Waals surface area contributed by atoms with Crippen LogP contribution in [0.1, 0.15) is 12.5 Å². The number of rotatable bonds is 5. The normalized spacial score (nSPS) is 10.8. The van der Waals surface area contributed by atoms with E-state index in [-0.39, 0.29) is 5.69 Å². The highest BCUT2D eigenvalue weighted by atomic mass is 16.5. The standard InChI is InChI=1S/C15H17N5O2/c1-3-20-14-12(19-15(20)21)13(17-9-18-14)16-8-10-6-4-5-7-11(10)22-2/h4-7,9H,3,8H2,1-2H3,(H,19,21)(H,16,17,18). The van der Waals surface area contributed by atoms with Gasteiger partial charge in [-0.1, -0.05) is 18.2 Å². The van der Waals surface area contributed by atoms with Crippen molar-refractivity contribution in [3.63, 3.8) is 0 Å². The molecule has 0 saturated carbocycles. The molecule has 2 N–H and O–H groups in total. The zero-order valence-electron chi connectivity index (χ0n) is 12.5. The van der Waals surface area contributed by atoms with Gasteiger partial charge in [-0.05, 0) is 13.0 Å². The van der Waals surface area contributed by atoms with Crippen LogP contribution in [0.4, 0.5) is 5.82 Å². The smallest absolute Gasteiger partial charge is 0.327 e. The van der Waals surface area contributed by atoms with Crippen molar-refractivity contribution in [1.82, 2.24) is 19.5 Å². The first-order valence-electron chi connectivity index (χ1n) is 7.04. The molecule has 1 aromatic carbocycles. The zero-order chi connectivity index (χ0) is 15.5. The maximum atomic E-state index is 11.9. The van der Waals surface area contributed by atoms with Crippen LogP contribution in [0.25, 0.3) is 11.2 Å². The van der Waals surface area contributed by atoms with Crippen molar-refractivity contribution in [2.24, 2.45) is 0 Å². The summed E-state index contributed by atoms with van der Waals surface area (Å²) in [5, 5.41) is 3.23. The highest BCUT2D eigenvalue weighted by molar-refractivity contribution is 5.82. The molecule has 0 saturated heterocycles. The first-order chi connectivity index (χ1) is 10.7. The maximum absolute atomic E-state index is 11.9. The molecule has 2 aromatic heterocycles. The van der Waals surface area contributed by atoms with Gasteiger partial charge in [0.2, 0.25) is 0 Å². The molecule has 3 rings (SSSR count). The van der Waals surface area contributed by atoms with Crippen molar-refractivity contribution in [1.29, 1.82) is 0 Å². The molecule has 0 atom stereocenters. The van der Waals surface area contributed by atoms with Crippen molar-refractivity contribution in [3.8, 4) is 5.75 Å². The number of ether oxygens (including phenoxy) is 1. The molecule has 0 fully saturated rings. The molecule has 0 unspecified atom stereocenters. The van der Waals surface area contributed by atoms with Crippen LogP contribution in [-0.4, -0.2) is 26.6 Å². The number of hydrogen-bond donors (Lipinski definition) is 2. The molecule has 0 aliphatic carbocycles. The molecular formula is C15H17N5O2. The number of fused-ring (bicyclic) bond motifs is 1. The average Bonchev–Trinajstić information content (AvgIpc) is 2.88. The van der Waals surface area contributed by atoms with E-state index in [0.717, 1.165) is 11.3 Å². The lowest BCUT2D eigenvalue weighted by Gasteiger charge is -2.10. The summed E-state index contributed by atoms with van der Waals surface area (Å²) in [7, 11) is 1.64. The number of anilines is 1. The second-order valence-electron chi connectivity index (χ2n) is 4.76. The van der Waals surface area contributed by atoms with Crippen molar-refractivity contribution in [3.05, 3.63) is 46.6 Å². The largest absolute Gasteiger partial charge is 0.496 e. The van der Waals surface area contributed by atoms with Gasteiger partial charge in [-0.25, -0.2) is 14.8 Å². The summed E-state index contributed by atoms with van der Waals surface area (Å²) in [6, 6.07) is 7.75. The van der Waals surface area contributed by atoms with Crippen LogP contribution in [0, 0.1) is 0 Å². The van der Waals surface area contributed by atoms with Gasteiger partial charge in [0.05, 0.1) is 7.11 Å². The van der Waals surface area contributed by atoms with Gasteiger partial charge >= 0.3 is 5.69 Å². The lowest BCUT2D eigenvalue weighted by molar-refractivity contribution is 0.410. The second kappa shape index (κ2) is 5.88. The number of para-hydroxylation sites is 1. The van der Waals surface area contributed by atoms with Crippen LogP contribution < -0.4 is 15.7 Å². The number of H-pyrrole nitrogens is 1. The predicted octanol–water partition coefficient (Wildman–Crippen LogP) is 1.76. The van der Waals surface area contributed by atoms with Crippen LogP contribution in [0.3, 0.4) is 0 Å². The predicted molar refractivity (Wildman–Crippen MR) is 84.1 cm³/mol. The number of methoxy groups -OCH3 is 1. The van der Waals surface area contributed by atoms with Gasteiger partial charge < -0.3 is 15.0 Å². The number of benzene rings is 1. The Morgan fingerprint density at radius 3 is 2.91 bits per heavy atom. The van der Waals surface area contributed by atoms with E-state index < -0.39 is 0 Å². The zero-order valence-corrected chi connectivity index (χ0v) is 12.5. The fourth-order valence-corrected chi connectivity index (χ4v) is 2.42. The fourth-order valence-electron chi connectivity index (χ4n) is 2.42. The first kappa shape index (κ1) is 14.1. The molecule has 0 radical (unpaired) electrons.